The van der Waals surface area contributed by atoms with Crippen molar-refractivity contribution in [2.45, 2.75) is 200 Å². The summed E-state index contributed by atoms with van der Waals surface area (Å²) in [4.78, 5) is 83.1. The van der Waals surface area contributed by atoms with E-state index < -0.39 is 161 Å². The molecule has 0 aromatic heterocycles. The number of ether oxygens (including phenoxy) is 5. The van der Waals surface area contributed by atoms with E-state index in [4.69, 9.17) is 23.7 Å². The first-order valence-electron chi connectivity index (χ1n) is 46.5. The van der Waals surface area contributed by atoms with Crippen LogP contribution in [0.4, 0.5) is 53.0 Å². The maximum absolute atomic E-state index is 14.2. The minimum absolute atomic E-state index is 0.0114. The highest BCUT2D eigenvalue weighted by Crippen LogP contribution is 2.34. The van der Waals surface area contributed by atoms with Crippen molar-refractivity contribution >= 4 is 82.8 Å². The van der Waals surface area contributed by atoms with Crippen molar-refractivity contribution < 1.29 is 130 Å². The van der Waals surface area contributed by atoms with Crippen LogP contribution in [-0.4, -0.2) is 222 Å². The number of amides is 5. The summed E-state index contributed by atoms with van der Waals surface area (Å²) in [5.74, 6) is -6.03. The number of anilines is 3. The zero-order valence-electron chi connectivity index (χ0n) is 81.7. The molecule has 0 spiro atoms. The highest BCUT2D eigenvalue weighted by molar-refractivity contribution is 7.93. The normalized spacial score (nSPS) is 16.1. The molecule has 8 atom stereocenters. The fraction of sp³-hybridized carbons (Fsp3) is 0.417. The monoisotopic (exact) mass is 2050 g/mol. The molecule has 9 aromatic carbocycles. The zero-order valence-corrected chi connectivity index (χ0v) is 84.1. The number of hydrogen-bond donors (Lipinski definition) is 9. The molecule has 3 aliphatic heterocycles. The van der Waals surface area contributed by atoms with Crippen molar-refractivity contribution in [2.24, 2.45) is 0 Å². The van der Waals surface area contributed by atoms with Crippen LogP contribution in [0.3, 0.4) is 0 Å². The summed E-state index contributed by atoms with van der Waals surface area (Å²) < 4.78 is 193. The number of nitrogens with zero attached hydrogens (tertiary/aromatic N) is 5. The van der Waals surface area contributed by atoms with Gasteiger partial charge in [-0.25, -0.2) is 61.2 Å². The Morgan fingerprint density at radius 1 is 0.385 bits per heavy atom. The number of Topliss-reactive ketones (excluding diaryl/α,β-unsaturated/α-hetero) is 1. The molecule has 31 nitrogen and oxygen atoms in total. The number of halogens is 6. The molecule has 3 heterocycles. The van der Waals surface area contributed by atoms with Gasteiger partial charge in [-0.3, -0.25) is 32.1 Å². The van der Waals surface area contributed by atoms with Crippen molar-refractivity contribution in [1.82, 2.24) is 31.1 Å². The van der Waals surface area contributed by atoms with Gasteiger partial charge in [-0.05, 0) is 292 Å². The topological polar surface area (TPSA) is 416 Å². The van der Waals surface area contributed by atoms with E-state index >= 15 is 0 Å². The van der Waals surface area contributed by atoms with E-state index in [1.807, 2.05) is 18.2 Å². The first-order chi connectivity index (χ1) is 67.3. The molecular weight excluding hydrogens is 1930 g/mol. The largest absolute Gasteiger partial charge is 0.497 e. The highest BCUT2D eigenvalue weighted by atomic mass is 32.2. The lowest BCUT2D eigenvalue weighted by Gasteiger charge is -2.32. The number of aliphatic hydroxyl groups excluding tert-OH is 5. The van der Waals surface area contributed by atoms with Gasteiger partial charge in [0.25, 0.3) is 17.7 Å². The third kappa shape index (κ3) is 33.9. The van der Waals surface area contributed by atoms with Gasteiger partial charge in [0.15, 0.2) is 5.78 Å². The third-order valence-electron chi connectivity index (χ3n) is 23.3. The Bertz CT molecular complexity index is 6270. The predicted octanol–water partition coefficient (Wildman–Crippen LogP) is 13.8. The maximum Gasteiger partial charge on any atom is 0.410 e. The molecule has 0 aliphatic carbocycles. The number of methoxy groups -OCH3 is 3. The summed E-state index contributed by atoms with van der Waals surface area (Å²) in [6, 6.07) is 39.2. The molecule has 12 rings (SSSR count). The SMILES string of the molecule is COc1cccc(CN(C[C@@H](O)[C@H](Cc2cc(F)cc(F)c2)NC(=O)c2cc(C(C)=O)cc(N3CCCCS3(=O)=O)c2)C(=O)OC(C)(C)C)c1.COc1cccc(CN(C[C@@H](O)[C@H](Cc2cc(F)cc(F)c2)NC(=O)c2cc(C(C)O)cc(N3CCCCS3(=O)=O)c2)C(=O)OC(C)(C)C)c1.COc1cccc(CNC[C@@H](O)[C@H](Cc2cc(F)cc(F)c2)NC(=O)c2cc(C(C)O)cc(N3CCCCS3(=O)=O)c2)c1. The molecule has 9 aromatic rings. The molecular formula is C103H125F6N9O22S3. The van der Waals surface area contributed by atoms with Crippen molar-refractivity contribution in [3.05, 3.63) is 284 Å². The van der Waals surface area contributed by atoms with Crippen LogP contribution in [0.5, 0.6) is 17.2 Å². The number of nitrogens with one attached hydrogen (secondary N) is 4. The van der Waals surface area contributed by atoms with Crippen LogP contribution in [0, 0.1) is 34.9 Å². The summed E-state index contributed by atoms with van der Waals surface area (Å²) in [6.07, 6.45) is -4.96. The average Bonchev–Trinajstić information content (AvgIpc) is 0.792. The lowest BCUT2D eigenvalue weighted by molar-refractivity contribution is 0.00768. The van der Waals surface area contributed by atoms with Crippen LogP contribution >= 0.6 is 0 Å². The lowest BCUT2D eigenvalue weighted by atomic mass is 9.99. The molecule has 5 amide bonds. The van der Waals surface area contributed by atoms with Crippen LogP contribution < -0.4 is 48.4 Å². The third-order valence-corrected chi connectivity index (χ3v) is 28.9. The van der Waals surface area contributed by atoms with Crippen LogP contribution in [0.15, 0.2) is 182 Å². The minimum Gasteiger partial charge on any atom is -0.497 e. The van der Waals surface area contributed by atoms with E-state index in [1.165, 1.54) is 112 Å². The van der Waals surface area contributed by atoms with Gasteiger partial charge in [-0.1, -0.05) is 36.4 Å². The summed E-state index contributed by atoms with van der Waals surface area (Å²) in [7, 11) is -6.38. The number of aliphatic hydroxyl groups is 5. The van der Waals surface area contributed by atoms with Crippen molar-refractivity contribution in [3.63, 3.8) is 0 Å². The van der Waals surface area contributed by atoms with Gasteiger partial charge in [-0.15, -0.1) is 0 Å². The van der Waals surface area contributed by atoms with Crippen molar-refractivity contribution in [2.75, 3.05) is 90.8 Å². The Labute approximate surface area is 830 Å². The Morgan fingerprint density at radius 2 is 0.685 bits per heavy atom. The minimum atomic E-state index is -3.69. The van der Waals surface area contributed by atoms with Gasteiger partial charge >= 0.3 is 12.2 Å². The second-order valence-corrected chi connectivity index (χ2v) is 43.4. The Morgan fingerprint density at radius 3 is 0.993 bits per heavy atom. The van der Waals surface area contributed by atoms with Crippen LogP contribution in [0.25, 0.3) is 0 Å². The molecule has 0 radical (unpaired) electrons. The van der Waals surface area contributed by atoms with Gasteiger partial charge in [-0.2, -0.15) is 0 Å². The molecule has 2 unspecified atom stereocenters. The molecule has 0 bridgehead atoms. The molecule has 0 saturated carbocycles. The number of carbonyl (C=O) groups is 6. The van der Waals surface area contributed by atoms with Gasteiger partial charge in [0, 0.05) is 86.3 Å². The van der Waals surface area contributed by atoms with Gasteiger partial charge in [0.05, 0.1) is 117 Å². The Kier molecular flexibility index (Phi) is 39.5. The molecule has 3 saturated heterocycles. The highest BCUT2D eigenvalue weighted by Gasteiger charge is 2.37. The van der Waals surface area contributed by atoms with E-state index in [-0.39, 0.29) is 150 Å². The predicted molar refractivity (Wildman–Crippen MR) is 528 cm³/mol. The molecule has 774 valence electrons. The summed E-state index contributed by atoms with van der Waals surface area (Å²) in [6.45, 7) is 14.7. The number of rotatable bonds is 36. The number of ketones is 1. The summed E-state index contributed by atoms with van der Waals surface area (Å²) >= 11 is 0. The number of hydrogen-bond acceptors (Lipinski definition) is 23. The average molecular weight is 2050 g/mol. The maximum atomic E-state index is 14.2. The molecule has 9 N–H and O–H groups in total. The van der Waals surface area contributed by atoms with Gasteiger partial charge < -0.3 is 80.3 Å². The fourth-order valence-electron chi connectivity index (χ4n) is 16.2. The number of benzene rings is 9. The van der Waals surface area contributed by atoms with Crippen LogP contribution in [0.2, 0.25) is 0 Å². The quantitative estimate of drug-likeness (QED) is 0.0130. The summed E-state index contributed by atoms with van der Waals surface area (Å²) in [5, 5.41) is 66.5. The summed E-state index contributed by atoms with van der Waals surface area (Å²) in [5.41, 5.74) is 2.21. The second-order valence-electron chi connectivity index (χ2n) is 37.4. The Hall–Kier alpha value is -12.4. The van der Waals surface area contributed by atoms with Crippen LogP contribution in [-0.2, 0) is 78.4 Å². The van der Waals surface area contributed by atoms with E-state index in [0.29, 0.717) is 91.1 Å². The van der Waals surface area contributed by atoms with Crippen molar-refractivity contribution in [3.8, 4) is 17.2 Å². The number of carbonyl (C=O) groups excluding carboxylic acids is 6. The van der Waals surface area contributed by atoms with E-state index in [9.17, 15) is 106 Å². The molecule has 143 heavy (non-hydrogen) atoms. The second kappa shape index (κ2) is 50.2. The van der Waals surface area contributed by atoms with Crippen molar-refractivity contribution in [1.29, 1.82) is 0 Å². The first-order valence-corrected chi connectivity index (χ1v) is 51.4. The zero-order chi connectivity index (χ0) is 105. The molecule has 3 aliphatic rings. The number of sulfonamides is 3. The fourth-order valence-corrected chi connectivity index (χ4v) is 21.1. The Balaban J connectivity index is 0.000000221. The van der Waals surface area contributed by atoms with E-state index in [0.717, 1.165) is 48.0 Å². The standard InChI is InChI=1S/C36H45F2N3O8S.C36H43F2N3O8S.C31H37F2N3O6S/c2*1-23(42)26-17-27(19-30(18-26)41-11-6-7-12-50(41,46)47)34(44)39-32(16-25-13-28(37)20-29(38)14-25)33(43)22-40(35(45)49-36(2,3)4)21-24-9-8-10-31(15-24)48-5;1-20(37)23-14-24(16-27(15-23)36-8-3-4-9-43(36,40)41)31(39)35-29(13-22-10-25(32)17-26(33)11-22)30(38)19-34-18-21-6-5-7-28(12-21)42-2/h8-10,13-15,17-20,23,32-33,42-43H,6-7,11-12,16,21-22H2,1-5H3,(H,39,44);8-10,13-15,17-20,32-33,43H,6-7,11-12,16,21-22H2,1-5H3,(H,39,44);5-7,10-12,14-17,20,29-30,34,37-38H,3-4,8-9,13,18-19H2,1-2H3,(H,35,39)/t23?,32-,33+;32-,33+;20?,29-,30+/m000/s1. The lowest BCUT2D eigenvalue weighted by Crippen LogP contribution is -2.51. The smallest absolute Gasteiger partial charge is 0.410 e. The molecule has 40 heteroatoms. The van der Waals surface area contributed by atoms with Gasteiger partial charge in [0.2, 0.25) is 30.1 Å². The van der Waals surface area contributed by atoms with E-state index in [1.54, 1.807) is 103 Å². The van der Waals surface area contributed by atoms with E-state index in [2.05, 4.69) is 21.3 Å². The van der Waals surface area contributed by atoms with Gasteiger partial charge in [0.1, 0.15) is 63.4 Å². The van der Waals surface area contributed by atoms with Crippen LogP contribution in [0.1, 0.15) is 199 Å². The molecule has 3 fully saturated rings. The first kappa shape index (κ1) is 113.